The van der Waals surface area contributed by atoms with Crippen molar-refractivity contribution in [1.82, 2.24) is 0 Å². The number of fused-ring (bicyclic) bond motifs is 1. The second-order valence-electron chi connectivity index (χ2n) is 4.11. The van der Waals surface area contributed by atoms with Crippen LogP contribution in [0, 0.1) is 0 Å². The molecule has 1 spiro atoms. The quantitative estimate of drug-likeness (QED) is 0.659. The molecule has 0 N–H and O–H groups in total. The van der Waals surface area contributed by atoms with Crippen molar-refractivity contribution in [1.29, 1.82) is 0 Å². The molecule has 15 heavy (non-hydrogen) atoms. The predicted octanol–water partition coefficient (Wildman–Crippen LogP) is 2.54. The van der Waals surface area contributed by atoms with Crippen LogP contribution in [0.1, 0.15) is 36.0 Å². The maximum Gasteiger partial charge on any atom is 0.251 e. The van der Waals surface area contributed by atoms with E-state index in [2.05, 4.69) is 0 Å². The fourth-order valence-electron chi connectivity index (χ4n) is 2.34. The Hall–Kier alpha value is -1.51. The minimum absolute atomic E-state index is 0.471. The lowest BCUT2D eigenvalue weighted by Gasteiger charge is -2.21. The molecule has 2 aliphatic rings. The van der Waals surface area contributed by atoms with Crippen molar-refractivity contribution < 1.29 is 14.3 Å². The molecule has 0 saturated heterocycles. The molecule has 1 heterocycles. The van der Waals surface area contributed by atoms with Crippen LogP contribution < -0.4 is 9.47 Å². The van der Waals surface area contributed by atoms with Gasteiger partial charge in [-0.1, -0.05) is 6.07 Å². The fourth-order valence-corrected chi connectivity index (χ4v) is 2.34. The lowest BCUT2D eigenvalue weighted by molar-refractivity contribution is -0.0717. The van der Waals surface area contributed by atoms with E-state index in [0.29, 0.717) is 17.1 Å². The Morgan fingerprint density at radius 3 is 2.73 bits per heavy atom. The summed E-state index contributed by atoms with van der Waals surface area (Å²) in [6.45, 7) is 0. The Labute approximate surface area is 88.0 Å². The largest absolute Gasteiger partial charge is 0.448 e. The van der Waals surface area contributed by atoms with Crippen LogP contribution in [0.3, 0.4) is 0 Å². The molecule has 78 valence electrons. The summed E-state index contributed by atoms with van der Waals surface area (Å²) in [5.74, 6) is 0.859. The number of aldehydes is 1. The first-order chi connectivity index (χ1) is 7.33. The van der Waals surface area contributed by atoms with Gasteiger partial charge in [-0.15, -0.1) is 0 Å². The van der Waals surface area contributed by atoms with Gasteiger partial charge in [0.05, 0.1) is 5.56 Å². The zero-order valence-corrected chi connectivity index (χ0v) is 8.36. The highest BCUT2D eigenvalue weighted by Gasteiger charge is 2.44. The standard InChI is InChI=1S/C12H12O3/c13-8-9-4-3-5-10-11(9)15-12(14-10)6-1-2-7-12/h3-5,8H,1-2,6-7H2. The highest BCUT2D eigenvalue weighted by Crippen LogP contribution is 2.47. The predicted molar refractivity (Wildman–Crippen MR) is 54.3 cm³/mol. The molecule has 1 aromatic rings. The van der Waals surface area contributed by atoms with Crippen molar-refractivity contribution >= 4 is 6.29 Å². The third kappa shape index (κ3) is 1.23. The molecule has 1 saturated carbocycles. The molecule has 3 heteroatoms. The lowest BCUT2D eigenvalue weighted by Crippen LogP contribution is -2.34. The summed E-state index contributed by atoms with van der Waals surface area (Å²) in [5, 5.41) is 0. The van der Waals surface area contributed by atoms with Gasteiger partial charge < -0.3 is 9.47 Å². The molecular formula is C12H12O3. The van der Waals surface area contributed by atoms with Crippen LogP contribution in [-0.2, 0) is 0 Å². The Morgan fingerprint density at radius 1 is 1.20 bits per heavy atom. The minimum Gasteiger partial charge on any atom is -0.448 e. The van der Waals surface area contributed by atoms with E-state index in [1.165, 1.54) is 0 Å². The smallest absolute Gasteiger partial charge is 0.251 e. The molecule has 0 radical (unpaired) electrons. The van der Waals surface area contributed by atoms with Crippen LogP contribution in [0.4, 0.5) is 0 Å². The number of hydrogen-bond donors (Lipinski definition) is 0. The Bertz CT molecular complexity index is 405. The van der Waals surface area contributed by atoms with Gasteiger partial charge in [-0.05, 0) is 25.0 Å². The summed E-state index contributed by atoms with van der Waals surface area (Å²) in [6.07, 6.45) is 4.91. The summed E-state index contributed by atoms with van der Waals surface area (Å²) in [7, 11) is 0. The van der Waals surface area contributed by atoms with Gasteiger partial charge in [0.2, 0.25) is 0 Å². The Morgan fingerprint density at radius 2 is 2.00 bits per heavy atom. The fraction of sp³-hybridized carbons (Fsp3) is 0.417. The van der Waals surface area contributed by atoms with Crippen LogP contribution in [0.25, 0.3) is 0 Å². The number of carbonyl (C=O) groups excluding carboxylic acids is 1. The molecule has 1 aromatic carbocycles. The first kappa shape index (κ1) is 8.77. The molecule has 0 amide bonds. The van der Waals surface area contributed by atoms with E-state index < -0.39 is 5.79 Å². The zero-order valence-electron chi connectivity index (χ0n) is 8.36. The van der Waals surface area contributed by atoms with E-state index in [4.69, 9.17) is 9.47 Å². The van der Waals surface area contributed by atoms with Gasteiger partial charge in [0.15, 0.2) is 17.8 Å². The van der Waals surface area contributed by atoms with E-state index >= 15 is 0 Å². The van der Waals surface area contributed by atoms with Crippen molar-refractivity contribution in [3.63, 3.8) is 0 Å². The van der Waals surface area contributed by atoms with Gasteiger partial charge in [0.25, 0.3) is 5.79 Å². The monoisotopic (exact) mass is 204 g/mol. The molecule has 1 aliphatic heterocycles. The van der Waals surface area contributed by atoms with Crippen molar-refractivity contribution in [2.45, 2.75) is 31.5 Å². The summed E-state index contributed by atoms with van der Waals surface area (Å²) in [4.78, 5) is 10.8. The minimum atomic E-state index is -0.471. The van der Waals surface area contributed by atoms with Crippen LogP contribution in [0.15, 0.2) is 18.2 Å². The third-order valence-electron chi connectivity index (χ3n) is 3.09. The SMILES string of the molecule is O=Cc1cccc2c1OC1(CCCC1)O2. The molecule has 3 rings (SSSR count). The van der Waals surface area contributed by atoms with Crippen molar-refractivity contribution in [3.8, 4) is 11.5 Å². The van der Waals surface area contributed by atoms with E-state index in [9.17, 15) is 4.79 Å². The molecule has 0 unspecified atom stereocenters. The second kappa shape index (κ2) is 2.99. The van der Waals surface area contributed by atoms with E-state index in [1.54, 1.807) is 6.07 Å². The number of carbonyl (C=O) groups is 1. The van der Waals surface area contributed by atoms with Gasteiger partial charge in [0.1, 0.15) is 0 Å². The summed E-state index contributed by atoms with van der Waals surface area (Å²) in [6, 6.07) is 5.43. The molecule has 3 nitrogen and oxygen atoms in total. The average molecular weight is 204 g/mol. The maximum absolute atomic E-state index is 10.8. The maximum atomic E-state index is 10.8. The molecule has 0 atom stereocenters. The zero-order chi connectivity index (χ0) is 10.3. The van der Waals surface area contributed by atoms with Crippen molar-refractivity contribution in [2.75, 3.05) is 0 Å². The summed E-state index contributed by atoms with van der Waals surface area (Å²) in [5.41, 5.74) is 0.580. The van der Waals surface area contributed by atoms with Gasteiger partial charge in [-0.2, -0.15) is 0 Å². The first-order valence-electron chi connectivity index (χ1n) is 5.29. The van der Waals surface area contributed by atoms with Crippen LogP contribution in [0.5, 0.6) is 11.5 Å². The molecule has 0 bridgehead atoms. The average Bonchev–Trinajstić information content (AvgIpc) is 2.84. The molecule has 1 aliphatic carbocycles. The van der Waals surface area contributed by atoms with E-state index in [1.807, 2.05) is 12.1 Å². The highest BCUT2D eigenvalue weighted by atomic mass is 16.7. The lowest BCUT2D eigenvalue weighted by atomic mass is 10.2. The van der Waals surface area contributed by atoms with Crippen molar-refractivity contribution in [3.05, 3.63) is 23.8 Å². The molecular weight excluding hydrogens is 192 g/mol. The second-order valence-corrected chi connectivity index (χ2v) is 4.11. The van der Waals surface area contributed by atoms with E-state index in [-0.39, 0.29) is 0 Å². The highest BCUT2D eigenvalue weighted by molar-refractivity contribution is 5.81. The van der Waals surface area contributed by atoms with Gasteiger partial charge in [-0.25, -0.2) is 0 Å². The normalized spacial score (nSPS) is 20.8. The van der Waals surface area contributed by atoms with Gasteiger partial charge in [0, 0.05) is 12.8 Å². The third-order valence-corrected chi connectivity index (χ3v) is 3.09. The summed E-state index contributed by atoms with van der Waals surface area (Å²) >= 11 is 0. The summed E-state index contributed by atoms with van der Waals surface area (Å²) < 4.78 is 11.6. The molecule has 0 aromatic heterocycles. The van der Waals surface area contributed by atoms with Gasteiger partial charge >= 0.3 is 0 Å². The number of ether oxygens (including phenoxy) is 2. The first-order valence-corrected chi connectivity index (χ1v) is 5.29. The van der Waals surface area contributed by atoms with E-state index in [0.717, 1.165) is 32.0 Å². The van der Waals surface area contributed by atoms with Crippen LogP contribution in [0.2, 0.25) is 0 Å². The number of hydrogen-bond acceptors (Lipinski definition) is 3. The molecule has 1 fully saturated rings. The Balaban J connectivity index is 2.02. The topological polar surface area (TPSA) is 35.5 Å². The van der Waals surface area contributed by atoms with Crippen LogP contribution in [-0.4, -0.2) is 12.1 Å². The number of rotatable bonds is 1. The number of benzene rings is 1. The number of para-hydroxylation sites is 1. The van der Waals surface area contributed by atoms with Crippen molar-refractivity contribution in [2.24, 2.45) is 0 Å². The van der Waals surface area contributed by atoms with Crippen LogP contribution >= 0.6 is 0 Å². The Kier molecular flexibility index (Phi) is 1.75. The van der Waals surface area contributed by atoms with Gasteiger partial charge in [-0.3, -0.25) is 4.79 Å².